The molecular formula is C15H22N2O2. The van der Waals surface area contributed by atoms with Crippen molar-refractivity contribution in [1.29, 1.82) is 0 Å². The molecule has 0 aromatic heterocycles. The van der Waals surface area contributed by atoms with Crippen molar-refractivity contribution in [3.8, 4) is 0 Å². The van der Waals surface area contributed by atoms with Crippen molar-refractivity contribution in [2.24, 2.45) is 0 Å². The molecule has 19 heavy (non-hydrogen) atoms. The molecule has 4 nitrogen and oxygen atoms in total. The molecule has 2 rings (SSSR count). The summed E-state index contributed by atoms with van der Waals surface area (Å²) in [6.07, 6.45) is 1.22. The molecule has 0 saturated carbocycles. The van der Waals surface area contributed by atoms with Crippen molar-refractivity contribution in [3.63, 3.8) is 0 Å². The zero-order valence-electron chi connectivity index (χ0n) is 11.6. The van der Waals surface area contributed by atoms with E-state index in [9.17, 15) is 4.79 Å². The van der Waals surface area contributed by atoms with E-state index in [-0.39, 0.29) is 6.42 Å². The summed E-state index contributed by atoms with van der Waals surface area (Å²) in [6, 6.07) is 6.46. The molecule has 0 fully saturated rings. The topological polar surface area (TPSA) is 52.6 Å². The summed E-state index contributed by atoms with van der Waals surface area (Å²) in [7, 11) is 0. The molecule has 1 aromatic rings. The summed E-state index contributed by atoms with van der Waals surface area (Å²) >= 11 is 0. The normalized spacial score (nSPS) is 14.8. The van der Waals surface area contributed by atoms with Crippen LogP contribution in [0.2, 0.25) is 0 Å². The molecule has 0 bridgehead atoms. The van der Waals surface area contributed by atoms with Gasteiger partial charge in [0, 0.05) is 19.6 Å². The van der Waals surface area contributed by atoms with Crippen molar-refractivity contribution in [3.05, 3.63) is 23.8 Å². The summed E-state index contributed by atoms with van der Waals surface area (Å²) in [5, 5.41) is 12.3. The molecule has 4 heteroatoms. The van der Waals surface area contributed by atoms with Crippen LogP contribution >= 0.6 is 0 Å². The Bertz CT molecular complexity index is 457. The van der Waals surface area contributed by atoms with E-state index in [0.29, 0.717) is 12.5 Å². The van der Waals surface area contributed by atoms with E-state index in [4.69, 9.17) is 5.11 Å². The molecule has 0 atom stereocenters. The first-order chi connectivity index (χ1) is 9.08. The van der Waals surface area contributed by atoms with Crippen molar-refractivity contribution in [2.75, 3.05) is 29.9 Å². The number of benzene rings is 1. The number of hydrogen-bond donors (Lipinski definition) is 2. The van der Waals surface area contributed by atoms with Gasteiger partial charge in [0.25, 0.3) is 0 Å². The van der Waals surface area contributed by atoms with Crippen LogP contribution in [0.3, 0.4) is 0 Å². The zero-order valence-corrected chi connectivity index (χ0v) is 11.6. The van der Waals surface area contributed by atoms with Crippen LogP contribution < -0.4 is 10.2 Å². The highest BCUT2D eigenvalue weighted by atomic mass is 16.4. The number of nitrogens with zero attached hydrogens (tertiary/aromatic N) is 1. The van der Waals surface area contributed by atoms with Crippen LogP contribution in [-0.2, 0) is 4.79 Å². The average Bonchev–Trinajstić information content (AvgIpc) is 2.57. The van der Waals surface area contributed by atoms with Crippen molar-refractivity contribution < 1.29 is 9.90 Å². The van der Waals surface area contributed by atoms with Crippen molar-refractivity contribution in [1.82, 2.24) is 0 Å². The second-order valence-corrected chi connectivity index (χ2v) is 5.34. The van der Waals surface area contributed by atoms with Crippen LogP contribution in [0, 0.1) is 0 Å². The van der Waals surface area contributed by atoms with Gasteiger partial charge in [-0.05, 0) is 30.0 Å². The number of fused-ring (bicyclic) bond motifs is 1. The quantitative estimate of drug-likeness (QED) is 0.876. The van der Waals surface area contributed by atoms with Crippen LogP contribution in [0.25, 0.3) is 0 Å². The molecule has 0 spiro atoms. The van der Waals surface area contributed by atoms with Gasteiger partial charge in [-0.15, -0.1) is 0 Å². The second-order valence-electron chi connectivity index (χ2n) is 5.34. The molecule has 1 aromatic carbocycles. The Morgan fingerprint density at radius 3 is 2.95 bits per heavy atom. The third kappa shape index (κ3) is 3.40. The van der Waals surface area contributed by atoms with E-state index in [2.05, 4.69) is 42.3 Å². The summed E-state index contributed by atoms with van der Waals surface area (Å²) in [4.78, 5) is 13.0. The van der Waals surface area contributed by atoms with Gasteiger partial charge in [-0.3, -0.25) is 4.79 Å². The van der Waals surface area contributed by atoms with E-state index >= 15 is 0 Å². The fourth-order valence-electron chi connectivity index (χ4n) is 2.40. The van der Waals surface area contributed by atoms with Crippen molar-refractivity contribution >= 4 is 17.3 Å². The third-order valence-electron chi connectivity index (χ3n) is 3.54. The first kappa shape index (κ1) is 13.7. The number of nitrogens with one attached hydrogen (secondary N) is 1. The fourth-order valence-corrected chi connectivity index (χ4v) is 2.40. The summed E-state index contributed by atoms with van der Waals surface area (Å²) < 4.78 is 0. The standard InChI is InChI=1S/C15H22N2O2/c1-11(2)12-4-5-13-14(10-12)17(8-3-7-16-13)9-6-15(18)19/h4-5,10-11,16H,3,6-9H2,1-2H3,(H,18,19). The van der Waals surface area contributed by atoms with E-state index < -0.39 is 5.97 Å². The van der Waals surface area contributed by atoms with Gasteiger partial charge in [0.1, 0.15) is 0 Å². The maximum absolute atomic E-state index is 10.8. The third-order valence-corrected chi connectivity index (χ3v) is 3.54. The van der Waals surface area contributed by atoms with Gasteiger partial charge >= 0.3 is 5.97 Å². The van der Waals surface area contributed by atoms with Gasteiger partial charge in [0.2, 0.25) is 0 Å². The SMILES string of the molecule is CC(C)c1ccc2c(c1)N(CCC(=O)O)CCCN2. The lowest BCUT2D eigenvalue weighted by Crippen LogP contribution is -2.26. The number of carboxylic acids is 1. The highest BCUT2D eigenvalue weighted by Gasteiger charge is 2.16. The molecule has 1 heterocycles. The Morgan fingerprint density at radius 1 is 1.47 bits per heavy atom. The average molecular weight is 262 g/mol. The Morgan fingerprint density at radius 2 is 2.26 bits per heavy atom. The molecule has 0 amide bonds. The lowest BCUT2D eigenvalue weighted by molar-refractivity contribution is -0.136. The molecule has 2 N–H and O–H groups in total. The Hall–Kier alpha value is -1.71. The van der Waals surface area contributed by atoms with Crippen LogP contribution in [0.4, 0.5) is 11.4 Å². The van der Waals surface area contributed by atoms with Gasteiger partial charge in [0.15, 0.2) is 0 Å². The second kappa shape index (κ2) is 5.95. The number of carbonyl (C=O) groups is 1. The smallest absolute Gasteiger partial charge is 0.305 e. The molecule has 104 valence electrons. The predicted molar refractivity (Wildman–Crippen MR) is 78.1 cm³/mol. The summed E-state index contributed by atoms with van der Waals surface area (Å²) in [5.74, 6) is -0.256. The molecule has 0 saturated heterocycles. The molecule has 0 radical (unpaired) electrons. The number of aliphatic carboxylic acids is 1. The Balaban J connectivity index is 2.27. The predicted octanol–water partition coefficient (Wildman–Crippen LogP) is 2.91. The maximum Gasteiger partial charge on any atom is 0.305 e. The fraction of sp³-hybridized carbons (Fsp3) is 0.533. The molecular weight excluding hydrogens is 240 g/mol. The minimum atomic E-state index is -0.737. The van der Waals surface area contributed by atoms with Crippen LogP contribution in [0.1, 0.15) is 38.2 Å². The van der Waals surface area contributed by atoms with Crippen LogP contribution in [0.15, 0.2) is 18.2 Å². The number of hydrogen-bond acceptors (Lipinski definition) is 3. The van der Waals surface area contributed by atoms with E-state index in [1.165, 1.54) is 5.56 Å². The molecule has 0 aliphatic carbocycles. The van der Waals surface area contributed by atoms with Gasteiger partial charge in [-0.25, -0.2) is 0 Å². The van der Waals surface area contributed by atoms with E-state index in [1.807, 2.05) is 0 Å². The van der Waals surface area contributed by atoms with Gasteiger partial charge in [0.05, 0.1) is 17.8 Å². The maximum atomic E-state index is 10.8. The first-order valence-corrected chi connectivity index (χ1v) is 6.92. The number of anilines is 2. The number of rotatable bonds is 4. The highest BCUT2D eigenvalue weighted by Crippen LogP contribution is 2.32. The van der Waals surface area contributed by atoms with E-state index in [0.717, 1.165) is 30.9 Å². The highest BCUT2D eigenvalue weighted by molar-refractivity contribution is 5.73. The lowest BCUT2D eigenvalue weighted by Gasteiger charge is -2.25. The zero-order chi connectivity index (χ0) is 13.8. The Labute approximate surface area is 114 Å². The lowest BCUT2D eigenvalue weighted by atomic mass is 10.0. The minimum Gasteiger partial charge on any atom is -0.481 e. The number of carboxylic acid groups (broad SMARTS) is 1. The summed E-state index contributed by atoms with van der Waals surface area (Å²) in [6.45, 7) is 6.78. The van der Waals surface area contributed by atoms with Gasteiger partial charge < -0.3 is 15.3 Å². The molecule has 1 aliphatic heterocycles. The minimum absolute atomic E-state index is 0.186. The van der Waals surface area contributed by atoms with E-state index in [1.54, 1.807) is 0 Å². The van der Waals surface area contributed by atoms with Crippen LogP contribution in [0.5, 0.6) is 0 Å². The summed E-state index contributed by atoms with van der Waals surface area (Å²) in [5.41, 5.74) is 3.56. The monoisotopic (exact) mass is 262 g/mol. The largest absolute Gasteiger partial charge is 0.481 e. The first-order valence-electron chi connectivity index (χ1n) is 6.92. The van der Waals surface area contributed by atoms with Gasteiger partial charge in [-0.2, -0.15) is 0 Å². The molecule has 1 aliphatic rings. The van der Waals surface area contributed by atoms with Crippen LogP contribution in [-0.4, -0.2) is 30.7 Å². The Kier molecular flexibility index (Phi) is 4.30. The molecule has 0 unspecified atom stereocenters. The van der Waals surface area contributed by atoms with Crippen molar-refractivity contribution in [2.45, 2.75) is 32.6 Å². The van der Waals surface area contributed by atoms with Gasteiger partial charge in [-0.1, -0.05) is 19.9 Å².